The van der Waals surface area contributed by atoms with E-state index >= 15 is 0 Å². The fraction of sp³-hybridized carbons (Fsp3) is 0.667. The third-order valence-electron chi connectivity index (χ3n) is 1.39. The van der Waals surface area contributed by atoms with Crippen LogP contribution in [-0.2, 0) is 0 Å². The van der Waals surface area contributed by atoms with Crippen LogP contribution in [0, 0.1) is 0 Å². The Morgan fingerprint density at radius 2 is 2.56 bits per heavy atom. The van der Waals surface area contributed by atoms with Gasteiger partial charge in [-0.15, -0.1) is 0 Å². The molecule has 0 saturated carbocycles. The third-order valence-corrected chi connectivity index (χ3v) is 2.89. The molecule has 9 heavy (non-hydrogen) atoms. The van der Waals surface area contributed by atoms with Crippen LogP contribution in [0.5, 0.6) is 0 Å². The second kappa shape index (κ2) is 2.84. The molecule has 1 nitrogen and oxygen atoms in total. The summed E-state index contributed by atoms with van der Waals surface area (Å²) < 4.78 is 0. The van der Waals surface area contributed by atoms with Crippen LogP contribution in [0.2, 0.25) is 0 Å². The fourth-order valence-corrected chi connectivity index (χ4v) is 2.20. The van der Waals surface area contributed by atoms with Crippen LogP contribution in [0.15, 0.2) is 11.1 Å². The Balaban J connectivity index is 2.57. The molecule has 0 aliphatic carbocycles. The molecule has 0 amide bonds. The molecule has 1 rings (SSSR count). The molecule has 0 spiro atoms. The van der Waals surface area contributed by atoms with Gasteiger partial charge in [-0.3, -0.25) is 0 Å². The molecule has 0 aromatic heterocycles. The van der Waals surface area contributed by atoms with Crippen LogP contribution in [0.3, 0.4) is 0 Å². The number of hydrogen-bond donors (Lipinski definition) is 0. The van der Waals surface area contributed by atoms with Crippen LogP contribution >= 0.6 is 23.4 Å². The van der Waals surface area contributed by atoms with Crippen molar-refractivity contribution in [2.45, 2.75) is 18.7 Å². The number of alkyl halides is 1. The molecule has 0 aromatic rings. The molecule has 0 N–H and O–H groups in total. The molecule has 1 unspecified atom stereocenters. The number of hydrogen-bond acceptors (Lipinski definition) is 2. The first-order valence-corrected chi connectivity index (χ1v) is 4.36. The van der Waals surface area contributed by atoms with Gasteiger partial charge in [-0.05, 0) is 19.3 Å². The summed E-state index contributed by atoms with van der Waals surface area (Å²) in [4.78, 5) is 2.29. The Morgan fingerprint density at radius 1 is 1.89 bits per heavy atom. The molecule has 1 aliphatic rings. The van der Waals surface area contributed by atoms with Crippen LogP contribution in [0.25, 0.3) is 0 Å². The first-order chi connectivity index (χ1) is 4.25. The van der Waals surface area contributed by atoms with Gasteiger partial charge in [-0.2, -0.15) is 0 Å². The van der Waals surface area contributed by atoms with Crippen LogP contribution in [0.4, 0.5) is 0 Å². The zero-order valence-electron chi connectivity index (χ0n) is 5.60. The summed E-state index contributed by atoms with van der Waals surface area (Å²) in [6, 6.07) is 0. The summed E-state index contributed by atoms with van der Waals surface area (Å²) >= 11 is 7.58. The molecule has 0 radical (unpaired) electrons. The lowest BCUT2D eigenvalue weighted by Crippen LogP contribution is -2.22. The van der Waals surface area contributed by atoms with Crippen molar-refractivity contribution in [3.63, 3.8) is 0 Å². The summed E-state index contributed by atoms with van der Waals surface area (Å²) in [5, 5.41) is 2.10. The van der Waals surface area contributed by atoms with E-state index in [1.165, 1.54) is 5.70 Å². The monoisotopic (exact) mass is 163 g/mol. The molecule has 52 valence electrons. The first-order valence-electron chi connectivity index (χ1n) is 2.98. The topological polar surface area (TPSA) is 3.24 Å². The van der Waals surface area contributed by atoms with Crippen LogP contribution < -0.4 is 0 Å². The average Bonchev–Trinajstić information content (AvgIpc) is 2.12. The summed E-state index contributed by atoms with van der Waals surface area (Å²) in [5.74, 6) is 0. The van der Waals surface area contributed by atoms with Gasteiger partial charge in [0.2, 0.25) is 0 Å². The van der Waals surface area contributed by atoms with E-state index in [9.17, 15) is 0 Å². The number of allylic oxidation sites excluding steroid dienone is 1. The predicted molar refractivity (Wildman–Crippen MR) is 43.4 cm³/mol. The maximum absolute atomic E-state index is 5.91. The van der Waals surface area contributed by atoms with E-state index in [0.29, 0.717) is 0 Å². The molecule has 1 aliphatic heterocycles. The van der Waals surface area contributed by atoms with Gasteiger partial charge in [-0.25, -0.2) is 0 Å². The molecule has 0 bridgehead atoms. The smallest absolute Gasteiger partial charge is 0.155 e. The van der Waals surface area contributed by atoms with Gasteiger partial charge in [-0.1, -0.05) is 23.4 Å². The lowest BCUT2D eigenvalue weighted by Gasteiger charge is -2.20. The molecule has 0 fully saturated rings. The molecular weight excluding hydrogens is 154 g/mol. The van der Waals surface area contributed by atoms with Gasteiger partial charge in [0.15, 0.2) is 4.83 Å². The zero-order chi connectivity index (χ0) is 6.85. The van der Waals surface area contributed by atoms with Crippen molar-refractivity contribution in [3.05, 3.63) is 11.1 Å². The molecule has 3 heteroatoms. The number of thioether (sulfide) groups is 1. The minimum absolute atomic E-state index is 0.134. The van der Waals surface area contributed by atoms with Crippen molar-refractivity contribution in [1.82, 2.24) is 4.90 Å². The van der Waals surface area contributed by atoms with Gasteiger partial charge >= 0.3 is 0 Å². The van der Waals surface area contributed by atoms with Gasteiger partial charge in [0.1, 0.15) is 0 Å². The van der Waals surface area contributed by atoms with Gasteiger partial charge in [0, 0.05) is 12.2 Å². The SMILES string of the molecule is CCN1C(C)=CSC1Cl. The van der Waals surface area contributed by atoms with Gasteiger partial charge in [0.05, 0.1) is 0 Å². The largest absolute Gasteiger partial charge is 0.350 e. The highest BCUT2D eigenvalue weighted by atomic mass is 35.5. The standard InChI is InChI=1S/C6H10ClNS/c1-3-8-5(2)4-9-6(8)7/h4,6H,3H2,1-2H3. The van der Waals surface area contributed by atoms with E-state index in [1.807, 2.05) is 0 Å². The van der Waals surface area contributed by atoms with Crippen molar-refractivity contribution in [2.75, 3.05) is 6.54 Å². The maximum atomic E-state index is 5.91. The maximum Gasteiger partial charge on any atom is 0.155 e. The van der Waals surface area contributed by atoms with E-state index in [1.54, 1.807) is 11.8 Å². The van der Waals surface area contributed by atoms with Gasteiger partial charge in [0.25, 0.3) is 0 Å². The van der Waals surface area contributed by atoms with Crippen molar-refractivity contribution < 1.29 is 0 Å². The predicted octanol–water partition coefficient (Wildman–Crippen LogP) is 2.44. The lowest BCUT2D eigenvalue weighted by molar-refractivity contribution is 0.409. The number of nitrogens with zero attached hydrogens (tertiary/aromatic N) is 1. The van der Waals surface area contributed by atoms with Crippen molar-refractivity contribution in [3.8, 4) is 0 Å². The quantitative estimate of drug-likeness (QED) is 0.432. The first kappa shape index (κ1) is 7.29. The normalized spacial score (nSPS) is 26.8. The van der Waals surface area contributed by atoms with Gasteiger partial charge < -0.3 is 4.90 Å². The highest BCUT2D eigenvalue weighted by Crippen LogP contribution is 2.32. The summed E-state index contributed by atoms with van der Waals surface area (Å²) in [5.41, 5.74) is 1.28. The molecular formula is C6H10ClNS. The molecule has 0 aromatic carbocycles. The summed E-state index contributed by atoms with van der Waals surface area (Å²) in [7, 11) is 0. The lowest BCUT2D eigenvalue weighted by atomic mass is 10.5. The second-order valence-corrected chi connectivity index (χ2v) is 3.60. The van der Waals surface area contributed by atoms with E-state index in [0.717, 1.165) is 6.54 Å². The molecule has 0 saturated heterocycles. The molecule has 1 atom stereocenters. The Morgan fingerprint density at radius 3 is 2.78 bits per heavy atom. The van der Waals surface area contributed by atoms with E-state index in [4.69, 9.17) is 11.6 Å². The highest BCUT2D eigenvalue weighted by Gasteiger charge is 2.19. The van der Waals surface area contributed by atoms with Crippen LogP contribution in [-0.4, -0.2) is 16.3 Å². The summed E-state index contributed by atoms with van der Waals surface area (Å²) in [6.07, 6.45) is 0. The second-order valence-electron chi connectivity index (χ2n) is 1.97. The number of rotatable bonds is 1. The Kier molecular flexibility index (Phi) is 2.30. The highest BCUT2D eigenvalue weighted by molar-refractivity contribution is 8.04. The minimum Gasteiger partial charge on any atom is -0.350 e. The average molecular weight is 164 g/mol. The third kappa shape index (κ3) is 1.36. The Hall–Kier alpha value is 0.180. The zero-order valence-corrected chi connectivity index (χ0v) is 7.17. The van der Waals surface area contributed by atoms with E-state index in [-0.39, 0.29) is 4.83 Å². The van der Waals surface area contributed by atoms with Crippen LogP contribution in [0.1, 0.15) is 13.8 Å². The molecule has 1 heterocycles. The number of halogens is 1. The van der Waals surface area contributed by atoms with E-state index in [2.05, 4.69) is 24.2 Å². The van der Waals surface area contributed by atoms with Crippen molar-refractivity contribution in [2.24, 2.45) is 0 Å². The van der Waals surface area contributed by atoms with Crippen molar-refractivity contribution >= 4 is 23.4 Å². The Labute approximate surface area is 65.1 Å². The summed E-state index contributed by atoms with van der Waals surface area (Å²) in [6.45, 7) is 5.20. The van der Waals surface area contributed by atoms with Crippen molar-refractivity contribution in [1.29, 1.82) is 0 Å². The fourth-order valence-electron chi connectivity index (χ4n) is 0.849. The van der Waals surface area contributed by atoms with E-state index < -0.39 is 0 Å². The minimum atomic E-state index is 0.134. The Bertz CT molecular complexity index is 135.